The number of piperazine rings is 1. The van der Waals surface area contributed by atoms with Crippen LogP contribution in [0, 0.1) is 0 Å². The molecule has 0 aliphatic carbocycles. The molecular formula is C14H22N2O8. The van der Waals surface area contributed by atoms with Crippen LogP contribution in [0.4, 0.5) is 0 Å². The Balaban J connectivity index is 2.45. The van der Waals surface area contributed by atoms with E-state index in [-0.39, 0.29) is 26.4 Å². The van der Waals surface area contributed by atoms with E-state index in [9.17, 15) is 19.2 Å². The van der Waals surface area contributed by atoms with E-state index in [2.05, 4.69) is 0 Å². The molecule has 0 bridgehead atoms. The van der Waals surface area contributed by atoms with Gasteiger partial charge in [-0.05, 0) is 0 Å². The number of nitrogens with zero attached hydrogens (tertiary/aromatic N) is 2. The van der Waals surface area contributed by atoms with Gasteiger partial charge < -0.3 is 18.9 Å². The molecule has 1 aliphatic heterocycles. The van der Waals surface area contributed by atoms with Crippen molar-refractivity contribution in [2.75, 3.05) is 67.0 Å². The van der Waals surface area contributed by atoms with Crippen molar-refractivity contribution in [1.29, 1.82) is 0 Å². The lowest BCUT2D eigenvalue weighted by Crippen LogP contribution is -2.58. The highest BCUT2D eigenvalue weighted by Crippen LogP contribution is 2.06. The van der Waals surface area contributed by atoms with E-state index in [1.165, 1.54) is 14.2 Å². The predicted octanol–water partition coefficient (Wildman–Crippen LogP) is -1.96. The normalized spacial score (nSPS) is 15.1. The third-order valence-electron chi connectivity index (χ3n) is 3.11. The molecule has 24 heavy (non-hydrogen) atoms. The van der Waals surface area contributed by atoms with Crippen molar-refractivity contribution >= 4 is 23.6 Å². The van der Waals surface area contributed by atoms with Crippen LogP contribution in [0.3, 0.4) is 0 Å². The minimum Gasteiger partial charge on any atom is -0.382 e. The lowest BCUT2D eigenvalue weighted by Gasteiger charge is -2.31. The molecular weight excluding hydrogens is 324 g/mol. The quantitative estimate of drug-likeness (QED) is 0.419. The Labute approximate surface area is 139 Å². The summed E-state index contributed by atoms with van der Waals surface area (Å²) in [5.41, 5.74) is 0. The molecule has 0 aromatic rings. The molecule has 1 saturated heterocycles. The largest absolute Gasteiger partial charge is 0.382 e. The van der Waals surface area contributed by atoms with Crippen LogP contribution < -0.4 is 0 Å². The van der Waals surface area contributed by atoms with Crippen LogP contribution in [0.5, 0.6) is 0 Å². The molecule has 0 aromatic heterocycles. The average molecular weight is 346 g/mol. The summed E-state index contributed by atoms with van der Waals surface area (Å²) in [7, 11) is 2.98. The molecule has 1 rings (SSSR count). The smallest absolute Gasteiger partial charge is 0.255 e. The van der Waals surface area contributed by atoms with Gasteiger partial charge in [-0.25, -0.2) is 0 Å². The fourth-order valence-electron chi connectivity index (χ4n) is 1.83. The van der Waals surface area contributed by atoms with Gasteiger partial charge in [0.05, 0.1) is 26.4 Å². The molecule has 0 radical (unpaired) electrons. The van der Waals surface area contributed by atoms with Crippen LogP contribution in [-0.2, 0) is 38.1 Å². The molecule has 0 atom stereocenters. The third-order valence-corrected chi connectivity index (χ3v) is 3.11. The minimum atomic E-state index is -0.639. The number of hydrogen-bond acceptors (Lipinski definition) is 8. The first-order chi connectivity index (χ1) is 11.5. The molecule has 0 saturated carbocycles. The van der Waals surface area contributed by atoms with Crippen molar-refractivity contribution in [3.63, 3.8) is 0 Å². The number of methoxy groups -OCH3 is 2. The molecule has 0 aromatic carbocycles. The maximum absolute atomic E-state index is 12.0. The SMILES string of the molecule is COCCOCC(=O)N1CC(=O)N(C(=O)COCCOC)CC1=O. The molecule has 0 unspecified atom stereocenters. The Morgan fingerprint density at radius 2 is 1.17 bits per heavy atom. The van der Waals surface area contributed by atoms with Crippen LogP contribution in [0.15, 0.2) is 0 Å². The van der Waals surface area contributed by atoms with Gasteiger partial charge in [0.15, 0.2) is 0 Å². The number of hydrogen-bond donors (Lipinski definition) is 0. The van der Waals surface area contributed by atoms with Crippen molar-refractivity contribution in [2.24, 2.45) is 0 Å². The maximum atomic E-state index is 12.0. The first-order valence-electron chi connectivity index (χ1n) is 7.31. The van der Waals surface area contributed by atoms with Gasteiger partial charge in [-0.15, -0.1) is 0 Å². The summed E-state index contributed by atoms with van der Waals surface area (Å²) in [6.07, 6.45) is 0. The molecule has 4 amide bonds. The van der Waals surface area contributed by atoms with Crippen molar-refractivity contribution in [3.8, 4) is 0 Å². The zero-order valence-corrected chi connectivity index (χ0v) is 13.8. The summed E-state index contributed by atoms with van der Waals surface area (Å²) in [6.45, 7) is -0.641. The second-order valence-electron chi connectivity index (χ2n) is 4.84. The van der Waals surface area contributed by atoms with E-state index >= 15 is 0 Å². The third kappa shape index (κ3) is 6.32. The van der Waals surface area contributed by atoms with Gasteiger partial charge in [-0.1, -0.05) is 0 Å². The number of amides is 4. The number of carbonyl (C=O) groups excluding carboxylic acids is 4. The average Bonchev–Trinajstić information content (AvgIpc) is 2.57. The van der Waals surface area contributed by atoms with Crippen LogP contribution in [0.25, 0.3) is 0 Å². The van der Waals surface area contributed by atoms with Crippen LogP contribution >= 0.6 is 0 Å². The lowest BCUT2D eigenvalue weighted by atomic mass is 10.3. The van der Waals surface area contributed by atoms with Crippen molar-refractivity contribution in [1.82, 2.24) is 9.80 Å². The Morgan fingerprint density at radius 1 is 0.792 bits per heavy atom. The molecule has 0 spiro atoms. The van der Waals surface area contributed by atoms with Crippen molar-refractivity contribution in [3.05, 3.63) is 0 Å². The summed E-state index contributed by atoms with van der Waals surface area (Å²) < 4.78 is 19.6. The van der Waals surface area contributed by atoms with E-state index in [1.54, 1.807) is 0 Å². The van der Waals surface area contributed by atoms with Gasteiger partial charge in [-0.2, -0.15) is 0 Å². The summed E-state index contributed by atoms with van der Waals surface area (Å²) in [5.74, 6) is -2.54. The van der Waals surface area contributed by atoms with E-state index in [4.69, 9.17) is 18.9 Å². The summed E-state index contributed by atoms with van der Waals surface area (Å²) in [6, 6.07) is 0. The van der Waals surface area contributed by atoms with Gasteiger partial charge in [0.25, 0.3) is 11.8 Å². The van der Waals surface area contributed by atoms with Crippen LogP contribution in [0.2, 0.25) is 0 Å². The molecule has 1 heterocycles. The second-order valence-corrected chi connectivity index (χ2v) is 4.84. The zero-order chi connectivity index (χ0) is 17.9. The Morgan fingerprint density at radius 3 is 1.50 bits per heavy atom. The zero-order valence-electron chi connectivity index (χ0n) is 13.8. The monoisotopic (exact) mass is 346 g/mol. The maximum Gasteiger partial charge on any atom is 0.255 e. The van der Waals surface area contributed by atoms with E-state index in [0.717, 1.165) is 9.80 Å². The van der Waals surface area contributed by atoms with Crippen LogP contribution in [-0.4, -0.2) is 100 Å². The molecule has 10 heteroatoms. The number of ether oxygens (including phenoxy) is 4. The molecule has 1 fully saturated rings. The lowest BCUT2D eigenvalue weighted by molar-refractivity contribution is -0.165. The highest BCUT2D eigenvalue weighted by Gasteiger charge is 2.36. The Hall–Kier alpha value is -1.88. The number of carbonyl (C=O) groups is 4. The van der Waals surface area contributed by atoms with Gasteiger partial charge in [0.1, 0.15) is 26.3 Å². The summed E-state index contributed by atoms with van der Waals surface area (Å²) in [5, 5.41) is 0. The standard InChI is InChI=1S/C14H22N2O8/c1-21-3-5-23-9-13(19)15-7-12(18)16(8-11(15)17)14(20)10-24-6-4-22-2/h3-10H2,1-2H3. The molecule has 0 N–H and O–H groups in total. The first-order valence-corrected chi connectivity index (χ1v) is 7.31. The fourth-order valence-corrected chi connectivity index (χ4v) is 1.83. The van der Waals surface area contributed by atoms with Gasteiger partial charge in [-0.3, -0.25) is 29.0 Å². The van der Waals surface area contributed by atoms with E-state index < -0.39 is 36.7 Å². The summed E-state index contributed by atoms with van der Waals surface area (Å²) in [4.78, 5) is 49.3. The highest BCUT2D eigenvalue weighted by molar-refractivity contribution is 6.09. The van der Waals surface area contributed by atoms with Gasteiger partial charge in [0, 0.05) is 14.2 Å². The molecule has 10 nitrogen and oxygen atoms in total. The first kappa shape index (κ1) is 20.2. The van der Waals surface area contributed by atoms with Gasteiger partial charge >= 0.3 is 0 Å². The predicted molar refractivity (Wildman–Crippen MR) is 78.8 cm³/mol. The van der Waals surface area contributed by atoms with Crippen molar-refractivity contribution < 1.29 is 38.1 Å². The Kier molecular flexibility index (Phi) is 9.08. The molecule has 1 aliphatic rings. The second kappa shape index (κ2) is 10.8. The minimum absolute atomic E-state index is 0.196. The topological polar surface area (TPSA) is 112 Å². The number of rotatable bonds is 10. The van der Waals surface area contributed by atoms with Crippen molar-refractivity contribution in [2.45, 2.75) is 0 Å². The van der Waals surface area contributed by atoms with Gasteiger partial charge in [0.2, 0.25) is 11.8 Å². The van der Waals surface area contributed by atoms with E-state index in [1.807, 2.05) is 0 Å². The number of imide groups is 2. The van der Waals surface area contributed by atoms with E-state index in [0.29, 0.717) is 13.2 Å². The fraction of sp³-hybridized carbons (Fsp3) is 0.714. The Bertz CT molecular complexity index is 426. The molecule has 136 valence electrons. The summed E-state index contributed by atoms with van der Waals surface area (Å²) >= 11 is 0. The highest BCUT2D eigenvalue weighted by atomic mass is 16.5. The van der Waals surface area contributed by atoms with Crippen LogP contribution in [0.1, 0.15) is 0 Å².